The summed E-state index contributed by atoms with van der Waals surface area (Å²) in [5.74, 6) is -1.73. The summed E-state index contributed by atoms with van der Waals surface area (Å²) >= 11 is 1.27. The number of amides is 5. The first-order chi connectivity index (χ1) is 22.6. The Hall–Kier alpha value is -4.59. The Morgan fingerprint density at radius 3 is 2.43 bits per heavy atom. The number of piperidine rings is 1. The van der Waals surface area contributed by atoms with Gasteiger partial charge in [-0.1, -0.05) is 51.1 Å². The van der Waals surface area contributed by atoms with Crippen LogP contribution in [0.5, 0.6) is 0 Å². The molecular weight excluding hydrogens is 622 g/mol. The van der Waals surface area contributed by atoms with Crippen LogP contribution in [0, 0.1) is 11.8 Å². The molecule has 2 aliphatic heterocycles. The number of hydrogen-bond donors (Lipinski definition) is 3. The quantitative estimate of drug-likeness (QED) is 0.375. The Balaban J connectivity index is 1.40. The fourth-order valence-electron chi connectivity index (χ4n) is 5.79. The van der Waals surface area contributed by atoms with E-state index in [-0.39, 0.29) is 66.5 Å². The number of thiazole rings is 1. The Labute approximate surface area is 277 Å². The lowest BCUT2D eigenvalue weighted by atomic mass is 9.95. The van der Waals surface area contributed by atoms with Crippen molar-refractivity contribution in [2.75, 3.05) is 32.7 Å². The number of aromatic nitrogens is 2. The Morgan fingerprint density at radius 2 is 1.72 bits per heavy atom. The molecular formula is C33H41N7O6S. The minimum Gasteiger partial charge on any atom is -0.446 e. The van der Waals surface area contributed by atoms with Crippen LogP contribution in [-0.2, 0) is 20.8 Å². The van der Waals surface area contributed by atoms with Gasteiger partial charge in [0.05, 0.1) is 12.6 Å². The van der Waals surface area contributed by atoms with E-state index in [1.54, 1.807) is 10.3 Å². The Morgan fingerprint density at radius 1 is 0.979 bits per heavy atom. The SMILES string of the molecule is CCC(=O)N1CCC(C(=O)N2CCNC(=O)c3coc(n3)[C@H](Cc3ccccc3)NC(=O)c3csc(n3)[C@H](C(C)C)NC(=O)C2)CC1. The lowest BCUT2D eigenvalue weighted by Gasteiger charge is -2.34. The third-order valence-electron chi connectivity index (χ3n) is 8.46. The van der Waals surface area contributed by atoms with Crippen LogP contribution in [0.1, 0.15) is 89.6 Å². The Kier molecular flexibility index (Phi) is 11.0. The number of rotatable bonds is 5. The van der Waals surface area contributed by atoms with E-state index in [1.807, 2.05) is 51.1 Å². The second-order valence-corrected chi connectivity index (χ2v) is 13.1. The predicted molar refractivity (Wildman–Crippen MR) is 173 cm³/mol. The molecule has 2 aromatic heterocycles. The highest BCUT2D eigenvalue weighted by molar-refractivity contribution is 7.09. The van der Waals surface area contributed by atoms with Gasteiger partial charge in [-0.05, 0) is 24.3 Å². The standard InChI is InChI=1S/C33H41N7O6S/c1-4-27(42)39-13-10-22(11-14-39)33(45)40-15-12-34-29(43)24-18-46-31(36-24)23(16-21-8-6-5-7-9-21)35-30(44)25-19-47-32(37-25)28(20(2)3)38-26(41)17-40/h5-9,18-20,22-23,28H,4,10-17H2,1-3H3,(H,34,43)(H,35,44)(H,38,41)/t23-,28-/m0/s1. The van der Waals surface area contributed by atoms with Crippen molar-refractivity contribution in [2.24, 2.45) is 11.8 Å². The van der Waals surface area contributed by atoms with Crippen molar-refractivity contribution < 1.29 is 28.4 Å². The maximum atomic E-state index is 13.7. The van der Waals surface area contributed by atoms with Crippen molar-refractivity contribution >= 4 is 40.9 Å². The number of carbonyl (C=O) groups is 5. The highest BCUT2D eigenvalue weighted by Gasteiger charge is 2.32. The van der Waals surface area contributed by atoms with Crippen LogP contribution in [0.2, 0.25) is 0 Å². The minimum absolute atomic E-state index is 0.0210. The van der Waals surface area contributed by atoms with E-state index in [0.29, 0.717) is 43.8 Å². The third-order valence-corrected chi connectivity index (χ3v) is 9.39. The zero-order valence-corrected chi connectivity index (χ0v) is 27.7. The van der Waals surface area contributed by atoms with Gasteiger partial charge in [0.2, 0.25) is 23.6 Å². The number of oxazole rings is 1. The van der Waals surface area contributed by atoms with Gasteiger partial charge in [-0.2, -0.15) is 0 Å². The maximum Gasteiger partial charge on any atom is 0.273 e. The lowest BCUT2D eigenvalue weighted by Crippen LogP contribution is -2.49. The first-order valence-electron chi connectivity index (χ1n) is 16.0. The normalized spacial score (nSPS) is 20.2. The summed E-state index contributed by atoms with van der Waals surface area (Å²) in [5.41, 5.74) is 1.13. The molecule has 0 aliphatic carbocycles. The number of carbonyl (C=O) groups excluding carboxylic acids is 5. The number of nitrogens with one attached hydrogen (secondary N) is 3. The molecule has 1 fully saturated rings. The topological polar surface area (TPSA) is 167 Å². The highest BCUT2D eigenvalue weighted by Crippen LogP contribution is 2.27. The molecule has 14 heteroatoms. The summed E-state index contributed by atoms with van der Waals surface area (Å²) in [6, 6.07) is 8.34. The maximum absolute atomic E-state index is 13.7. The Bertz CT molecular complexity index is 1580. The summed E-state index contributed by atoms with van der Waals surface area (Å²) in [6.07, 6.45) is 3.00. The molecule has 1 aromatic carbocycles. The largest absolute Gasteiger partial charge is 0.446 e. The molecule has 2 atom stereocenters. The molecule has 3 N–H and O–H groups in total. The van der Waals surface area contributed by atoms with Gasteiger partial charge in [0, 0.05) is 50.3 Å². The molecule has 0 unspecified atom stereocenters. The summed E-state index contributed by atoms with van der Waals surface area (Å²) in [4.78, 5) is 78.1. The van der Waals surface area contributed by atoms with Crippen molar-refractivity contribution in [1.29, 1.82) is 0 Å². The van der Waals surface area contributed by atoms with E-state index in [9.17, 15) is 24.0 Å². The second kappa shape index (κ2) is 15.3. The first kappa shape index (κ1) is 33.8. The molecule has 0 radical (unpaired) electrons. The van der Waals surface area contributed by atoms with E-state index < -0.39 is 23.9 Å². The van der Waals surface area contributed by atoms with Gasteiger partial charge in [0.15, 0.2) is 5.69 Å². The van der Waals surface area contributed by atoms with Crippen LogP contribution in [0.15, 0.2) is 46.4 Å². The van der Waals surface area contributed by atoms with E-state index in [2.05, 4.69) is 25.9 Å². The highest BCUT2D eigenvalue weighted by atomic mass is 32.1. The summed E-state index contributed by atoms with van der Waals surface area (Å²) in [5, 5.41) is 11.0. The summed E-state index contributed by atoms with van der Waals surface area (Å²) in [7, 11) is 0. The van der Waals surface area contributed by atoms with Gasteiger partial charge in [-0.3, -0.25) is 24.0 Å². The molecule has 5 amide bonds. The summed E-state index contributed by atoms with van der Waals surface area (Å²) < 4.78 is 5.70. The van der Waals surface area contributed by atoms with Crippen LogP contribution < -0.4 is 16.0 Å². The second-order valence-electron chi connectivity index (χ2n) is 12.2. The van der Waals surface area contributed by atoms with E-state index in [0.717, 1.165) is 5.56 Å². The van der Waals surface area contributed by atoms with Crippen LogP contribution in [-0.4, -0.2) is 82.0 Å². The fourth-order valence-corrected chi connectivity index (χ4v) is 6.82. The number of fused-ring (bicyclic) bond motifs is 4. The van der Waals surface area contributed by atoms with E-state index >= 15 is 0 Å². The molecule has 4 bridgehead atoms. The van der Waals surface area contributed by atoms with Gasteiger partial charge in [0.1, 0.15) is 23.0 Å². The van der Waals surface area contributed by atoms with Gasteiger partial charge in [-0.15, -0.1) is 11.3 Å². The number of likely N-dealkylation sites (tertiary alicyclic amines) is 1. The summed E-state index contributed by atoms with van der Waals surface area (Å²) in [6.45, 7) is 6.60. The lowest BCUT2D eigenvalue weighted by molar-refractivity contribution is -0.142. The van der Waals surface area contributed by atoms with E-state index in [1.165, 1.54) is 22.5 Å². The molecule has 0 saturated carbocycles. The van der Waals surface area contributed by atoms with Crippen molar-refractivity contribution in [2.45, 2.75) is 58.5 Å². The van der Waals surface area contributed by atoms with E-state index in [4.69, 9.17) is 4.42 Å². The molecule has 3 aromatic rings. The molecule has 5 rings (SSSR count). The molecule has 4 heterocycles. The molecule has 1 saturated heterocycles. The molecule has 2 aliphatic rings. The van der Waals surface area contributed by atoms with Gasteiger partial charge >= 0.3 is 0 Å². The zero-order valence-electron chi connectivity index (χ0n) is 26.9. The molecule has 250 valence electrons. The van der Waals surface area contributed by atoms with Crippen molar-refractivity contribution in [3.05, 3.63) is 69.8 Å². The molecule has 13 nitrogen and oxygen atoms in total. The third kappa shape index (κ3) is 8.42. The molecule has 0 spiro atoms. The monoisotopic (exact) mass is 663 g/mol. The van der Waals surface area contributed by atoms with Crippen molar-refractivity contribution in [3.8, 4) is 0 Å². The fraction of sp³-hybridized carbons (Fsp3) is 0.485. The molecule has 47 heavy (non-hydrogen) atoms. The minimum atomic E-state index is -0.691. The zero-order chi connectivity index (χ0) is 33.5. The van der Waals surface area contributed by atoms with Crippen LogP contribution >= 0.6 is 11.3 Å². The van der Waals surface area contributed by atoms with Gasteiger partial charge in [0.25, 0.3) is 11.8 Å². The smallest absolute Gasteiger partial charge is 0.273 e. The number of benzene rings is 1. The van der Waals surface area contributed by atoms with Crippen molar-refractivity contribution in [3.63, 3.8) is 0 Å². The number of hydrogen-bond acceptors (Lipinski definition) is 9. The van der Waals surface area contributed by atoms with Crippen molar-refractivity contribution in [1.82, 2.24) is 35.7 Å². The predicted octanol–water partition coefficient (Wildman–Crippen LogP) is 2.88. The van der Waals surface area contributed by atoms with Crippen LogP contribution in [0.4, 0.5) is 0 Å². The average molecular weight is 664 g/mol. The van der Waals surface area contributed by atoms with Crippen LogP contribution in [0.3, 0.4) is 0 Å². The van der Waals surface area contributed by atoms with Gasteiger partial charge in [-0.25, -0.2) is 9.97 Å². The first-order valence-corrected chi connectivity index (χ1v) is 16.9. The van der Waals surface area contributed by atoms with Crippen LogP contribution in [0.25, 0.3) is 0 Å². The average Bonchev–Trinajstić information content (AvgIpc) is 3.77. The van der Waals surface area contributed by atoms with Gasteiger partial charge < -0.3 is 30.2 Å². The number of nitrogens with zero attached hydrogens (tertiary/aromatic N) is 4.